The van der Waals surface area contributed by atoms with Crippen molar-refractivity contribution in [2.45, 2.75) is 0 Å². The van der Waals surface area contributed by atoms with Crippen LogP contribution < -0.4 is 0 Å². The van der Waals surface area contributed by atoms with Crippen LogP contribution in [0.3, 0.4) is 0 Å². The standard InChI is InChI=1S/C2H3O2.CH3.W/c1-2(3)4;;/h1H2,(H,3,4);1H3;/q2*-1;+2. The Bertz CT molecular complexity index is 31.8. The minimum absolute atomic E-state index is 0. The van der Waals surface area contributed by atoms with Gasteiger partial charge in [0, 0.05) is 0 Å². The van der Waals surface area contributed by atoms with Crippen molar-refractivity contribution in [3.8, 4) is 0 Å². The molecular weight excluding hydrogens is 252 g/mol. The average Bonchev–Trinajstić information content (AvgIpc) is 0.811. The number of hydrogen-bond acceptors (Lipinski definition) is 1. The fourth-order valence-corrected chi connectivity index (χ4v) is 0. The molecule has 0 aliphatic rings. The number of carboxylic acid groups (broad SMARTS) is 1. The van der Waals surface area contributed by atoms with Gasteiger partial charge in [-0.3, -0.25) is 11.7 Å². The molecule has 0 aromatic rings. The van der Waals surface area contributed by atoms with E-state index in [4.69, 9.17) is 9.90 Å². The van der Waals surface area contributed by atoms with E-state index in [1.54, 1.807) is 0 Å². The van der Waals surface area contributed by atoms with E-state index in [0.717, 1.165) is 0 Å². The first-order chi connectivity index (χ1) is 1.73. The Morgan fingerprint density at radius 3 is 1.67 bits per heavy atom. The third kappa shape index (κ3) is 46100. The van der Waals surface area contributed by atoms with Crippen molar-refractivity contribution in [3.05, 3.63) is 14.4 Å². The summed E-state index contributed by atoms with van der Waals surface area (Å²) in [6.45, 7) is 2.56. The molecule has 0 bridgehead atoms. The largest absolute Gasteiger partial charge is 2.00 e. The second-order valence-electron chi connectivity index (χ2n) is 0.394. The van der Waals surface area contributed by atoms with Gasteiger partial charge in [0.2, 0.25) is 0 Å². The third-order valence-corrected chi connectivity index (χ3v) is 0. The van der Waals surface area contributed by atoms with Gasteiger partial charge in [-0.05, 0) is 0 Å². The normalized spacial score (nSPS) is 4.00. The Hall–Kier alpha value is 0.0283. The molecule has 6 heavy (non-hydrogen) atoms. The van der Waals surface area contributed by atoms with Gasteiger partial charge in [0.25, 0.3) is 0 Å². The first kappa shape index (κ1) is 16.6. The maximum atomic E-state index is 8.89. The Labute approximate surface area is 51.8 Å². The predicted octanol–water partition coefficient (Wildman–Crippen LogP) is 0.353. The van der Waals surface area contributed by atoms with Crippen LogP contribution in [0.1, 0.15) is 0 Å². The molecule has 36 valence electrons. The number of carboxylic acids is 1. The zero-order chi connectivity index (χ0) is 3.58. The molecule has 3 heteroatoms. The molecule has 1 N–H and O–H groups in total. The van der Waals surface area contributed by atoms with Crippen molar-refractivity contribution >= 4 is 5.97 Å². The number of hydrogen-bond donors (Lipinski definition) is 1. The molecule has 0 fully saturated rings. The molecular formula is C3H6O2W. The topological polar surface area (TPSA) is 37.3 Å². The Balaban J connectivity index is -0.0000000450. The first-order valence-corrected chi connectivity index (χ1v) is 0.781. The molecule has 0 rings (SSSR count). The second kappa shape index (κ2) is 8.90. The van der Waals surface area contributed by atoms with Crippen molar-refractivity contribution in [3.63, 3.8) is 0 Å². The predicted molar refractivity (Wildman–Crippen MR) is 19.4 cm³/mol. The van der Waals surface area contributed by atoms with Crippen molar-refractivity contribution in [2.75, 3.05) is 0 Å². The first-order valence-electron chi connectivity index (χ1n) is 0.781. The number of rotatable bonds is 0. The zero-order valence-corrected chi connectivity index (χ0v) is 6.40. The summed E-state index contributed by atoms with van der Waals surface area (Å²) in [5, 5.41) is 7.31. The summed E-state index contributed by atoms with van der Waals surface area (Å²) in [5.41, 5.74) is 0. The van der Waals surface area contributed by atoms with Crippen LogP contribution in [-0.2, 0) is 25.9 Å². The Kier molecular flexibility index (Phi) is 24.6. The molecule has 0 unspecified atom stereocenters. The molecule has 0 heterocycles. The van der Waals surface area contributed by atoms with Crippen LogP contribution in [0.2, 0.25) is 0 Å². The van der Waals surface area contributed by atoms with Crippen LogP contribution >= 0.6 is 0 Å². The van der Waals surface area contributed by atoms with Gasteiger partial charge >= 0.3 is 21.1 Å². The van der Waals surface area contributed by atoms with Gasteiger partial charge in [-0.25, -0.2) is 0 Å². The van der Waals surface area contributed by atoms with Crippen molar-refractivity contribution in [2.24, 2.45) is 0 Å². The van der Waals surface area contributed by atoms with E-state index < -0.39 is 5.97 Å². The smallest absolute Gasteiger partial charge is 0.503 e. The summed E-state index contributed by atoms with van der Waals surface area (Å²) < 4.78 is 0. The fourth-order valence-electron chi connectivity index (χ4n) is 0. The van der Waals surface area contributed by atoms with Gasteiger partial charge in [-0.2, -0.15) is 0 Å². The molecule has 0 aliphatic heterocycles. The van der Waals surface area contributed by atoms with Gasteiger partial charge in [0.15, 0.2) is 5.97 Å². The van der Waals surface area contributed by atoms with Crippen LogP contribution in [0.4, 0.5) is 0 Å². The summed E-state index contributed by atoms with van der Waals surface area (Å²) in [4.78, 5) is 8.89. The van der Waals surface area contributed by atoms with Gasteiger partial charge in [0.1, 0.15) is 0 Å². The summed E-state index contributed by atoms with van der Waals surface area (Å²) in [7, 11) is 0. The van der Waals surface area contributed by atoms with Gasteiger partial charge < -0.3 is 12.5 Å². The molecule has 0 saturated heterocycles. The maximum Gasteiger partial charge on any atom is 2.00 e. The molecule has 2 nitrogen and oxygen atoms in total. The van der Waals surface area contributed by atoms with E-state index in [1.807, 2.05) is 0 Å². The fraction of sp³-hybridized carbons (Fsp3) is 0. The van der Waals surface area contributed by atoms with Crippen LogP contribution in [0.5, 0.6) is 0 Å². The summed E-state index contributed by atoms with van der Waals surface area (Å²) >= 11 is 0. The number of aliphatic carboxylic acids is 1. The molecule has 0 spiro atoms. The summed E-state index contributed by atoms with van der Waals surface area (Å²) in [5.74, 6) is -1.08. The molecule has 0 amide bonds. The molecule has 0 aromatic heterocycles. The van der Waals surface area contributed by atoms with Crippen molar-refractivity contribution in [1.29, 1.82) is 0 Å². The molecule has 0 aromatic carbocycles. The monoisotopic (exact) mass is 258 g/mol. The molecule has 0 radical (unpaired) electrons. The minimum atomic E-state index is -1.08. The van der Waals surface area contributed by atoms with E-state index in [1.165, 1.54) is 0 Å². The third-order valence-electron chi connectivity index (χ3n) is 0. The van der Waals surface area contributed by atoms with Gasteiger partial charge in [-0.1, -0.05) is 0 Å². The summed E-state index contributed by atoms with van der Waals surface area (Å²) in [6, 6.07) is 0. The zero-order valence-electron chi connectivity index (χ0n) is 3.47. The van der Waals surface area contributed by atoms with Gasteiger partial charge in [-0.15, -0.1) is 0 Å². The van der Waals surface area contributed by atoms with Crippen molar-refractivity contribution < 1.29 is 31.0 Å². The quantitative estimate of drug-likeness (QED) is 0.636. The molecule has 0 atom stereocenters. The minimum Gasteiger partial charge on any atom is -0.503 e. The van der Waals surface area contributed by atoms with E-state index in [-0.39, 0.29) is 28.5 Å². The molecule has 0 saturated carbocycles. The Morgan fingerprint density at radius 2 is 1.67 bits per heavy atom. The van der Waals surface area contributed by atoms with Crippen molar-refractivity contribution in [1.82, 2.24) is 0 Å². The van der Waals surface area contributed by atoms with Crippen LogP contribution in [0, 0.1) is 14.4 Å². The van der Waals surface area contributed by atoms with E-state index in [2.05, 4.69) is 6.92 Å². The van der Waals surface area contributed by atoms with E-state index in [0.29, 0.717) is 0 Å². The number of carbonyl (C=O) groups is 1. The van der Waals surface area contributed by atoms with E-state index in [9.17, 15) is 0 Å². The maximum absolute atomic E-state index is 8.89. The van der Waals surface area contributed by atoms with Crippen LogP contribution in [0.25, 0.3) is 0 Å². The SMILES string of the molecule is [CH2-]C(=O)O.[CH3-].[W+2]. The summed E-state index contributed by atoms with van der Waals surface area (Å²) in [6.07, 6.45) is 0. The van der Waals surface area contributed by atoms with E-state index >= 15 is 0 Å². The second-order valence-corrected chi connectivity index (χ2v) is 0.394. The van der Waals surface area contributed by atoms with Crippen LogP contribution in [-0.4, -0.2) is 11.1 Å². The average molecular weight is 258 g/mol. The molecule has 0 aliphatic carbocycles. The van der Waals surface area contributed by atoms with Crippen LogP contribution in [0.15, 0.2) is 0 Å². The Morgan fingerprint density at radius 1 is 1.67 bits per heavy atom. The van der Waals surface area contributed by atoms with Gasteiger partial charge in [0.05, 0.1) is 0 Å².